The van der Waals surface area contributed by atoms with Crippen molar-refractivity contribution in [2.24, 2.45) is 0 Å². The summed E-state index contributed by atoms with van der Waals surface area (Å²) in [6, 6.07) is 2.78. The maximum absolute atomic E-state index is 11.4. The minimum atomic E-state index is -1.19. The Morgan fingerprint density at radius 1 is 1.53 bits per heavy atom. The number of rotatable bonds is 4. The summed E-state index contributed by atoms with van der Waals surface area (Å²) >= 11 is 0. The molecule has 1 N–H and O–H groups in total. The number of carboxylic acid groups (broad SMARTS) is 1. The summed E-state index contributed by atoms with van der Waals surface area (Å²) in [6.45, 7) is 2.11. The molecule has 80 valence electrons. The van der Waals surface area contributed by atoms with Crippen LogP contribution in [0.2, 0.25) is 0 Å². The zero-order valence-electron chi connectivity index (χ0n) is 8.27. The first-order valence-corrected chi connectivity index (χ1v) is 4.52. The van der Waals surface area contributed by atoms with Gasteiger partial charge in [0.2, 0.25) is 0 Å². The fraction of sp³-hybridized carbons (Fsp3) is 0.300. The second-order valence-corrected chi connectivity index (χ2v) is 2.84. The topological polar surface area (TPSA) is 76.5 Å². The van der Waals surface area contributed by atoms with Gasteiger partial charge < -0.3 is 9.84 Å². The molecule has 0 aliphatic rings. The highest BCUT2D eigenvalue weighted by Gasteiger charge is 2.18. The number of ether oxygens (including phenoxy) is 1. The molecule has 5 heteroatoms. The number of aromatic carboxylic acids is 1. The number of carboxylic acids is 1. The lowest BCUT2D eigenvalue weighted by atomic mass is 10.2. The van der Waals surface area contributed by atoms with Crippen LogP contribution in [0.1, 0.15) is 34.2 Å². The van der Waals surface area contributed by atoms with Gasteiger partial charge in [0.15, 0.2) is 5.69 Å². The predicted octanol–water partition coefficient (Wildman–Crippen LogP) is 1.35. The number of aromatic nitrogens is 1. The van der Waals surface area contributed by atoms with E-state index in [4.69, 9.17) is 9.84 Å². The molecule has 0 aromatic carbocycles. The number of hydrogen-bond donors (Lipinski definition) is 1. The van der Waals surface area contributed by atoms with Crippen LogP contribution in [-0.4, -0.2) is 28.6 Å². The van der Waals surface area contributed by atoms with E-state index in [2.05, 4.69) is 4.98 Å². The lowest BCUT2D eigenvalue weighted by Crippen LogP contribution is -2.13. The molecule has 0 radical (unpaired) electrons. The third-order valence-corrected chi connectivity index (χ3v) is 1.67. The number of carbonyl (C=O) groups excluding carboxylic acids is 1. The molecular weight excluding hydrogens is 198 g/mol. The Hall–Kier alpha value is -1.91. The van der Waals surface area contributed by atoms with E-state index in [9.17, 15) is 9.59 Å². The Morgan fingerprint density at radius 3 is 2.87 bits per heavy atom. The summed E-state index contributed by atoms with van der Waals surface area (Å²) in [4.78, 5) is 25.8. The van der Waals surface area contributed by atoms with Gasteiger partial charge in [0.05, 0.1) is 12.2 Å². The molecule has 1 heterocycles. The predicted molar refractivity (Wildman–Crippen MR) is 51.8 cm³/mol. The Bertz CT molecular complexity index is 375. The SMILES string of the molecule is CCCOC(=O)c1ncccc1C(=O)O. The first kappa shape index (κ1) is 11.2. The number of carbonyl (C=O) groups is 2. The van der Waals surface area contributed by atoms with Crippen molar-refractivity contribution >= 4 is 11.9 Å². The molecule has 0 bridgehead atoms. The van der Waals surface area contributed by atoms with E-state index < -0.39 is 11.9 Å². The van der Waals surface area contributed by atoms with Crippen LogP contribution in [0.15, 0.2) is 18.3 Å². The van der Waals surface area contributed by atoms with Crippen LogP contribution < -0.4 is 0 Å². The lowest BCUT2D eigenvalue weighted by molar-refractivity contribution is 0.0487. The zero-order chi connectivity index (χ0) is 11.3. The molecule has 0 unspecified atom stereocenters. The third kappa shape index (κ3) is 2.77. The number of pyridine rings is 1. The molecule has 1 aromatic rings. The van der Waals surface area contributed by atoms with Gasteiger partial charge in [-0.15, -0.1) is 0 Å². The minimum absolute atomic E-state index is 0.140. The smallest absolute Gasteiger partial charge is 0.357 e. The summed E-state index contributed by atoms with van der Waals surface area (Å²) in [6.07, 6.45) is 2.04. The van der Waals surface area contributed by atoms with Gasteiger partial charge in [-0.1, -0.05) is 6.92 Å². The average Bonchev–Trinajstić information content (AvgIpc) is 2.25. The molecule has 0 aliphatic carbocycles. The highest BCUT2D eigenvalue weighted by atomic mass is 16.5. The van der Waals surface area contributed by atoms with E-state index in [0.717, 1.165) is 0 Å². The number of nitrogens with zero attached hydrogens (tertiary/aromatic N) is 1. The molecule has 0 saturated carbocycles. The van der Waals surface area contributed by atoms with Gasteiger partial charge in [0, 0.05) is 6.20 Å². The molecule has 0 saturated heterocycles. The summed E-state index contributed by atoms with van der Waals surface area (Å²) in [5.41, 5.74) is -0.294. The molecule has 0 amide bonds. The van der Waals surface area contributed by atoms with Crippen LogP contribution in [0, 0.1) is 0 Å². The fourth-order valence-electron chi connectivity index (χ4n) is 1.00. The lowest BCUT2D eigenvalue weighted by Gasteiger charge is -2.04. The monoisotopic (exact) mass is 209 g/mol. The molecule has 0 aliphatic heterocycles. The van der Waals surface area contributed by atoms with E-state index >= 15 is 0 Å². The highest BCUT2D eigenvalue weighted by Crippen LogP contribution is 2.07. The highest BCUT2D eigenvalue weighted by molar-refractivity contribution is 6.00. The van der Waals surface area contributed by atoms with Gasteiger partial charge in [-0.05, 0) is 18.6 Å². The van der Waals surface area contributed by atoms with Crippen LogP contribution in [0.3, 0.4) is 0 Å². The van der Waals surface area contributed by atoms with E-state index in [1.807, 2.05) is 6.92 Å². The van der Waals surface area contributed by atoms with Crippen molar-refractivity contribution in [2.45, 2.75) is 13.3 Å². The number of hydrogen-bond acceptors (Lipinski definition) is 4. The zero-order valence-corrected chi connectivity index (χ0v) is 8.27. The molecule has 0 fully saturated rings. The molecule has 0 spiro atoms. The maximum atomic E-state index is 11.4. The largest absolute Gasteiger partial charge is 0.478 e. The Balaban J connectivity index is 2.92. The van der Waals surface area contributed by atoms with Gasteiger partial charge in [-0.2, -0.15) is 0 Å². The molecule has 0 atom stereocenters. The average molecular weight is 209 g/mol. The van der Waals surface area contributed by atoms with Gasteiger partial charge in [0.25, 0.3) is 0 Å². The van der Waals surface area contributed by atoms with Crippen LogP contribution in [-0.2, 0) is 4.74 Å². The second-order valence-electron chi connectivity index (χ2n) is 2.84. The summed E-state index contributed by atoms with van der Waals surface area (Å²) in [5.74, 6) is -1.89. The second kappa shape index (κ2) is 5.09. The van der Waals surface area contributed by atoms with E-state index in [0.29, 0.717) is 6.42 Å². The summed E-state index contributed by atoms with van der Waals surface area (Å²) < 4.78 is 4.80. The van der Waals surface area contributed by atoms with Crippen LogP contribution in [0.5, 0.6) is 0 Å². The minimum Gasteiger partial charge on any atom is -0.478 e. The summed E-state index contributed by atoms with van der Waals surface area (Å²) in [7, 11) is 0. The van der Waals surface area contributed by atoms with Crippen molar-refractivity contribution in [3.63, 3.8) is 0 Å². The van der Waals surface area contributed by atoms with Gasteiger partial charge in [0.1, 0.15) is 0 Å². The molecule has 1 rings (SSSR count). The van der Waals surface area contributed by atoms with Crippen molar-refractivity contribution in [1.82, 2.24) is 4.98 Å². The van der Waals surface area contributed by atoms with Crippen LogP contribution in [0.4, 0.5) is 0 Å². The van der Waals surface area contributed by atoms with Crippen molar-refractivity contribution in [1.29, 1.82) is 0 Å². The normalized spacial score (nSPS) is 9.67. The van der Waals surface area contributed by atoms with Crippen molar-refractivity contribution in [2.75, 3.05) is 6.61 Å². The number of esters is 1. The van der Waals surface area contributed by atoms with E-state index in [1.165, 1.54) is 18.3 Å². The van der Waals surface area contributed by atoms with Gasteiger partial charge in [-0.25, -0.2) is 14.6 Å². The molecular formula is C10H11NO4. The van der Waals surface area contributed by atoms with Gasteiger partial charge >= 0.3 is 11.9 Å². The molecule has 5 nitrogen and oxygen atoms in total. The maximum Gasteiger partial charge on any atom is 0.357 e. The Labute approximate surface area is 86.7 Å². The Kier molecular flexibility index (Phi) is 3.79. The Morgan fingerprint density at radius 2 is 2.27 bits per heavy atom. The van der Waals surface area contributed by atoms with Gasteiger partial charge in [-0.3, -0.25) is 0 Å². The van der Waals surface area contributed by atoms with Crippen molar-refractivity contribution < 1.29 is 19.4 Å². The van der Waals surface area contributed by atoms with Crippen LogP contribution >= 0.6 is 0 Å². The molecule has 15 heavy (non-hydrogen) atoms. The summed E-state index contributed by atoms with van der Waals surface area (Å²) in [5, 5.41) is 8.79. The first-order chi connectivity index (χ1) is 7.16. The van der Waals surface area contributed by atoms with Crippen molar-refractivity contribution in [3.05, 3.63) is 29.6 Å². The van der Waals surface area contributed by atoms with Crippen molar-refractivity contribution in [3.8, 4) is 0 Å². The fourth-order valence-corrected chi connectivity index (χ4v) is 1.00. The first-order valence-electron chi connectivity index (χ1n) is 4.52. The standard InChI is InChI=1S/C10H11NO4/c1-2-6-15-10(14)8-7(9(12)13)4-3-5-11-8/h3-5H,2,6H2,1H3,(H,12,13). The van der Waals surface area contributed by atoms with E-state index in [1.54, 1.807) is 0 Å². The van der Waals surface area contributed by atoms with Crippen LogP contribution in [0.25, 0.3) is 0 Å². The van der Waals surface area contributed by atoms with E-state index in [-0.39, 0.29) is 17.9 Å². The quantitative estimate of drug-likeness (QED) is 0.757. The third-order valence-electron chi connectivity index (χ3n) is 1.67. The molecule has 1 aromatic heterocycles.